The van der Waals surface area contributed by atoms with E-state index < -0.39 is 21.3 Å². The maximum atomic E-state index is 11.7. The van der Waals surface area contributed by atoms with Gasteiger partial charge in [0.15, 0.2) is 0 Å². The first kappa shape index (κ1) is 19.0. The summed E-state index contributed by atoms with van der Waals surface area (Å²) in [6.07, 6.45) is 0.677. The van der Waals surface area contributed by atoms with E-state index in [4.69, 9.17) is 4.55 Å². The van der Waals surface area contributed by atoms with Crippen LogP contribution in [0.5, 0.6) is 0 Å². The molecule has 2 rings (SSSR count). The molecule has 1 unspecified atom stereocenters. The van der Waals surface area contributed by atoms with Crippen LogP contribution in [0.15, 0.2) is 54.6 Å². The Balaban J connectivity index is 0.00000242. The van der Waals surface area contributed by atoms with Crippen molar-refractivity contribution in [2.45, 2.75) is 11.9 Å². The Hall–Kier alpha value is -1.02. The summed E-state index contributed by atoms with van der Waals surface area (Å²) in [7, 11) is -4.80. The number of aliphatic hydroxyl groups excluding tert-OH is 1. The Bertz CT molecular complexity index is 726. The van der Waals surface area contributed by atoms with E-state index in [9.17, 15) is 18.3 Å². The smallest absolute Gasteiger partial charge is 0.369 e. The molecule has 110 valence electrons. The van der Waals surface area contributed by atoms with E-state index >= 15 is 0 Å². The Morgan fingerprint density at radius 1 is 0.955 bits per heavy atom. The van der Waals surface area contributed by atoms with Gasteiger partial charge in [0.05, 0.1) is 0 Å². The van der Waals surface area contributed by atoms with Crippen LogP contribution in [0.25, 0.3) is 0 Å². The number of carbonyl (C=O) groups excluding carboxylic acids is 1. The van der Waals surface area contributed by atoms with Gasteiger partial charge in [-0.25, -0.2) is 0 Å². The van der Waals surface area contributed by atoms with Gasteiger partial charge in [-0.05, 0) is 17.5 Å². The Morgan fingerprint density at radius 3 is 1.95 bits per heavy atom. The summed E-state index contributed by atoms with van der Waals surface area (Å²) in [5.41, 5.74) is -0.372. The molecule has 22 heavy (non-hydrogen) atoms. The van der Waals surface area contributed by atoms with Gasteiger partial charge >= 0.3 is 29.6 Å². The average molecular weight is 329 g/mol. The van der Waals surface area contributed by atoms with Crippen LogP contribution in [0.2, 0.25) is 0 Å². The first-order valence-electron chi connectivity index (χ1n) is 6.19. The molecule has 5 nitrogen and oxygen atoms in total. The molecule has 7 heteroatoms. The van der Waals surface area contributed by atoms with Gasteiger partial charge < -0.3 is 5.11 Å². The molecule has 0 heterocycles. The minimum Gasteiger partial charge on any atom is -0.369 e. The monoisotopic (exact) mass is 329 g/mol. The third-order valence-corrected chi connectivity index (χ3v) is 3.77. The first-order valence-corrected chi connectivity index (χ1v) is 7.69. The number of hydrogen-bond acceptors (Lipinski definition) is 4. The molecule has 0 fully saturated rings. The van der Waals surface area contributed by atoms with E-state index in [0.717, 1.165) is 11.1 Å². The maximum absolute atomic E-state index is 11.7. The normalized spacial score (nSPS) is 12.3. The molecular weight excluding hydrogens is 315 g/mol. The van der Waals surface area contributed by atoms with Gasteiger partial charge in [-0.15, -0.1) is 0 Å². The number of rotatable bonds is 5. The fourth-order valence-electron chi connectivity index (χ4n) is 1.90. The summed E-state index contributed by atoms with van der Waals surface area (Å²) in [6.45, 7) is 0. The van der Waals surface area contributed by atoms with Gasteiger partial charge in [-0.3, -0.25) is 9.35 Å². The Labute approximate surface area is 151 Å². The van der Waals surface area contributed by atoms with E-state index in [0.29, 0.717) is 6.42 Å². The van der Waals surface area contributed by atoms with Crippen molar-refractivity contribution in [2.24, 2.45) is 0 Å². The van der Waals surface area contributed by atoms with Crippen molar-refractivity contribution in [1.29, 1.82) is 0 Å². The zero-order chi connectivity index (χ0) is 15.5. The van der Waals surface area contributed by atoms with Crippen LogP contribution in [0.4, 0.5) is 0 Å². The second kappa shape index (κ2) is 8.01. The number of hydrogen-bond donors (Lipinski definition) is 2. The van der Waals surface area contributed by atoms with Crippen molar-refractivity contribution >= 4 is 15.9 Å². The molecule has 0 saturated heterocycles. The minimum absolute atomic E-state index is 0. The molecule has 0 saturated carbocycles. The molecule has 0 amide bonds. The molecule has 1 atom stereocenters. The summed E-state index contributed by atoms with van der Waals surface area (Å²) >= 11 is 0. The summed E-state index contributed by atoms with van der Waals surface area (Å²) < 4.78 is 30.1. The molecule has 2 aromatic carbocycles. The molecule has 0 bridgehead atoms. The summed E-state index contributed by atoms with van der Waals surface area (Å²) in [6, 6.07) is 15.9. The molecule has 0 aliphatic carbocycles. The summed E-state index contributed by atoms with van der Waals surface area (Å²) in [4.78, 5) is 11.7. The summed E-state index contributed by atoms with van der Waals surface area (Å²) in [5, 5.41) is 9.22. The van der Waals surface area contributed by atoms with Gasteiger partial charge in [0, 0.05) is 5.56 Å². The molecule has 0 aliphatic rings. The van der Waals surface area contributed by atoms with E-state index in [-0.39, 0.29) is 35.1 Å². The fraction of sp³-hybridized carbons (Fsp3) is 0.133. The van der Waals surface area contributed by atoms with Crippen LogP contribution in [0, 0.1) is 0 Å². The molecule has 2 aromatic rings. The third kappa shape index (κ3) is 5.01. The zero-order valence-corrected chi connectivity index (χ0v) is 14.8. The topological polar surface area (TPSA) is 91.7 Å². The second-order valence-corrected chi connectivity index (χ2v) is 6.07. The third-order valence-electron chi connectivity index (χ3n) is 3.00. The van der Waals surface area contributed by atoms with Crippen molar-refractivity contribution in [3.8, 4) is 0 Å². The van der Waals surface area contributed by atoms with Crippen molar-refractivity contribution in [1.82, 2.24) is 0 Å². The molecule has 0 aliphatic heterocycles. The number of ketones is 1. The van der Waals surface area contributed by atoms with E-state index in [1.54, 1.807) is 12.1 Å². The first-order chi connectivity index (χ1) is 9.88. The van der Waals surface area contributed by atoms with Gasteiger partial charge in [-0.2, -0.15) is 8.42 Å². The van der Waals surface area contributed by atoms with Crippen molar-refractivity contribution < 1.29 is 52.4 Å². The second-order valence-electron chi connectivity index (χ2n) is 4.59. The largest absolute Gasteiger partial charge is 1.00 e. The van der Waals surface area contributed by atoms with E-state index in [1.807, 2.05) is 30.3 Å². The predicted octanol–water partition coefficient (Wildman–Crippen LogP) is -1.33. The SMILES string of the molecule is O=C(c1ccc(Cc2ccccc2)cc1)C(O)S(=O)(=O)O.[Na+]. The number of carbonyl (C=O) groups is 1. The number of benzene rings is 2. The minimum atomic E-state index is -4.80. The molecular formula is C15H14NaO5S+. The molecule has 0 radical (unpaired) electrons. The molecule has 0 spiro atoms. The van der Waals surface area contributed by atoms with Gasteiger partial charge in [0.25, 0.3) is 10.1 Å². The van der Waals surface area contributed by atoms with Crippen LogP contribution < -0.4 is 29.6 Å². The van der Waals surface area contributed by atoms with Crippen LogP contribution in [-0.4, -0.2) is 29.3 Å². The Morgan fingerprint density at radius 2 is 1.45 bits per heavy atom. The predicted molar refractivity (Wildman–Crippen MR) is 77.6 cm³/mol. The molecule has 2 N–H and O–H groups in total. The zero-order valence-electron chi connectivity index (χ0n) is 12.0. The van der Waals surface area contributed by atoms with Crippen LogP contribution in [0.1, 0.15) is 21.5 Å². The van der Waals surface area contributed by atoms with Gasteiger partial charge in [0.1, 0.15) is 0 Å². The molecule has 0 aromatic heterocycles. The number of Topliss-reactive ketones (excluding diaryl/α,β-unsaturated/α-hetero) is 1. The fourth-order valence-corrected chi connectivity index (χ4v) is 2.30. The van der Waals surface area contributed by atoms with Crippen molar-refractivity contribution in [3.05, 3.63) is 71.3 Å². The van der Waals surface area contributed by atoms with Crippen molar-refractivity contribution in [2.75, 3.05) is 0 Å². The van der Waals surface area contributed by atoms with Crippen LogP contribution in [0.3, 0.4) is 0 Å². The van der Waals surface area contributed by atoms with Crippen LogP contribution >= 0.6 is 0 Å². The number of aliphatic hydroxyl groups is 1. The van der Waals surface area contributed by atoms with Gasteiger partial charge in [0.2, 0.25) is 11.2 Å². The van der Waals surface area contributed by atoms with Crippen molar-refractivity contribution in [3.63, 3.8) is 0 Å². The van der Waals surface area contributed by atoms with E-state index in [2.05, 4.69) is 0 Å². The Kier molecular flexibility index (Phi) is 6.93. The quantitative estimate of drug-likeness (QED) is 0.403. The summed E-state index contributed by atoms with van der Waals surface area (Å²) in [5.74, 6) is -1.05. The van der Waals surface area contributed by atoms with Gasteiger partial charge in [-0.1, -0.05) is 54.6 Å². The standard InChI is InChI=1S/C15H14O5S.Na/c16-14(15(17)21(18,19)20)13-8-6-12(7-9-13)10-11-4-2-1-3-5-11;/h1-9,15,17H,10H2,(H,18,19,20);/q;+1. The maximum Gasteiger partial charge on any atom is 1.00 e. The van der Waals surface area contributed by atoms with Crippen LogP contribution in [-0.2, 0) is 16.5 Å². The van der Waals surface area contributed by atoms with E-state index in [1.165, 1.54) is 12.1 Å². The average Bonchev–Trinajstić information content (AvgIpc) is 2.46.